The number of nitrogens with one attached hydrogen (secondary N) is 1. The predicted octanol–water partition coefficient (Wildman–Crippen LogP) is 1.47. The Morgan fingerprint density at radius 1 is 1.46 bits per heavy atom. The summed E-state index contributed by atoms with van der Waals surface area (Å²) in [4.78, 5) is 22.2. The summed E-state index contributed by atoms with van der Waals surface area (Å²) in [6.45, 7) is 3.44. The minimum absolute atomic E-state index is 0.0470. The standard InChI is InChI=1S/C9H9N3O/c1-5-3-10-9-7(5)11-4-12-8(9)6(2)13/h3-4,10H,1-2H3. The van der Waals surface area contributed by atoms with Crippen molar-refractivity contribution >= 4 is 16.8 Å². The fourth-order valence-corrected chi connectivity index (χ4v) is 1.34. The van der Waals surface area contributed by atoms with Gasteiger partial charge in [-0.05, 0) is 12.5 Å². The van der Waals surface area contributed by atoms with E-state index in [1.54, 1.807) is 0 Å². The van der Waals surface area contributed by atoms with Gasteiger partial charge in [0.05, 0.1) is 11.0 Å². The smallest absolute Gasteiger partial charge is 0.180 e. The number of carbonyl (C=O) groups is 1. The molecule has 2 aromatic rings. The first-order chi connectivity index (χ1) is 6.20. The Morgan fingerprint density at radius 3 is 2.92 bits per heavy atom. The van der Waals surface area contributed by atoms with E-state index in [0.29, 0.717) is 5.69 Å². The highest BCUT2D eigenvalue weighted by molar-refractivity contribution is 6.03. The van der Waals surface area contributed by atoms with Crippen LogP contribution in [0.3, 0.4) is 0 Å². The van der Waals surface area contributed by atoms with Gasteiger partial charge in [-0.3, -0.25) is 4.79 Å². The molecule has 4 heteroatoms. The molecule has 4 nitrogen and oxygen atoms in total. The molecule has 0 amide bonds. The Bertz CT molecular complexity index is 473. The van der Waals surface area contributed by atoms with E-state index < -0.39 is 0 Å². The fourth-order valence-electron chi connectivity index (χ4n) is 1.34. The van der Waals surface area contributed by atoms with E-state index in [-0.39, 0.29) is 5.78 Å². The van der Waals surface area contributed by atoms with Gasteiger partial charge in [-0.15, -0.1) is 0 Å². The van der Waals surface area contributed by atoms with Gasteiger partial charge in [-0.2, -0.15) is 0 Å². The lowest BCUT2D eigenvalue weighted by Gasteiger charge is -1.95. The van der Waals surface area contributed by atoms with Crippen molar-refractivity contribution in [3.63, 3.8) is 0 Å². The average molecular weight is 175 g/mol. The zero-order chi connectivity index (χ0) is 9.42. The summed E-state index contributed by atoms with van der Waals surface area (Å²) in [5.74, 6) is -0.0470. The molecule has 2 aromatic heterocycles. The van der Waals surface area contributed by atoms with Crippen LogP contribution in [0.2, 0.25) is 0 Å². The summed E-state index contributed by atoms with van der Waals surface area (Å²) < 4.78 is 0. The van der Waals surface area contributed by atoms with Crippen molar-refractivity contribution < 1.29 is 4.79 Å². The van der Waals surface area contributed by atoms with Crippen LogP contribution in [0.25, 0.3) is 11.0 Å². The molecule has 0 aromatic carbocycles. The third-order valence-corrected chi connectivity index (χ3v) is 1.99. The van der Waals surface area contributed by atoms with Crippen molar-refractivity contribution in [2.45, 2.75) is 13.8 Å². The van der Waals surface area contributed by atoms with Crippen LogP contribution in [0.15, 0.2) is 12.5 Å². The van der Waals surface area contributed by atoms with Crippen molar-refractivity contribution in [2.24, 2.45) is 0 Å². The number of nitrogens with zero attached hydrogens (tertiary/aromatic N) is 2. The molecule has 0 radical (unpaired) electrons. The molecule has 0 unspecified atom stereocenters. The van der Waals surface area contributed by atoms with Gasteiger partial charge >= 0.3 is 0 Å². The van der Waals surface area contributed by atoms with E-state index in [4.69, 9.17) is 0 Å². The molecule has 0 saturated heterocycles. The molecule has 66 valence electrons. The molecule has 2 heterocycles. The Hall–Kier alpha value is -1.71. The van der Waals surface area contributed by atoms with E-state index in [9.17, 15) is 4.79 Å². The summed E-state index contributed by atoms with van der Waals surface area (Å²) in [6, 6.07) is 0. The Balaban J connectivity index is 2.84. The normalized spacial score (nSPS) is 10.6. The number of rotatable bonds is 1. The molecule has 0 aliphatic rings. The highest BCUT2D eigenvalue weighted by Crippen LogP contribution is 2.16. The third-order valence-electron chi connectivity index (χ3n) is 1.99. The van der Waals surface area contributed by atoms with E-state index in [0.717, 1.165) is 16.6 Å². The van der Waals surface area contributed by atoms with Crippen LogP contribution in [0.1, 0.15) is 23.0 Å². The summed E-state index contributed by atoms with van der Waals surface area (Å²) in [6.07, 6.45) is 3.24. The molecule has 0 atom stereocenters. The van der Waals surface area contributed by atoms with E-state index >= 15 is 0 Å². The first-order valence-electron chi connectivity index (χ1n) is 4.00. The summed E-state index contributed by atoms with van der Waals surface area (Å²) in [7, 11) is 0. The van der Waals surface area contributed by atoms with Gasteiger partial charge in [0.1, 0.15) is 12.0 Å². The first-order valence-corrected chi connectivity index (χ1v) is 4.00. The van der Waals surface area contributed by atoms with Gasteiger partial charge in [-0.1, -0.05) is 0 Å². The lowest BCUT2D eigenvalue weighted by atomic mass is 10.2. The number of Topliss-reactive ketones (excluding diaryl/α,β-unsaturated/α-hetero) is 1. The number of ketones is 1. The van der Waals surface area contributed by atoms with Crippen molar-refractivity contribution in [1.82, 2.24) is 15.0 Å². The van der Waals surface area contributed by atoms with Gasteiger partial charge in [0.25, 0.3) is 0 Å². The predicted molar refractivity (Wildman–Crippen MR) is 48.6 cm³/mol. The lowest BCUT2D eigenvalue weighted by Crippen LogP contribution is -1.98. The zero-order valence-corrected chi connectivity index (χ0v) is 7.46. The van der Waals surface area contributed by atoms with Crippen LogP contribution >= 0.6 is 0 Å². The molecule has 13 heavy (non-hydrogen) atoms. The summed E-state index contributed by atoms with van der Waals surface area (Å²) in [5.41, 5.74) is 3.03. The summed E-state index contributed by atoms with van der Waals surface area (Å²) in [5, 5.41) is 0. The lowest BCUT2D eigenvalue weighted by molar-refractivity contribution is 0.101. The van der Waals surface area contributed by atoms with E-state index in [1.165, 1.54) is 13.3 Å². The molecule has 2 rings (SSSR count). The summed E-state index contributed by atoms with van der Waals surface area (Å²) >= 11 is 0. The van der Waals surface area contributed by atoms with E-state index in [1.807, 2.05) is 13.1 Å². The molecule has 0 bridgehead atoms. The largest absolute Gasteiger partial charge is 0.358 e. The van der Waals surface area contributed by atoms with Crippen molar-refractivity contribution in [2.75, 3.05) is 0 Å². The van der Waals surface area contributed by atoms with Gasteiger partial charge in [0, 0.05) is 13.1 Å². The van der Waals surface area contributed by atoms with Crippen LogP contribution < -0.4 is 0 Å². The van der Waals surface area contributed by atoms with Crippen molar-refractivity contribution in [3.8, 4) is 0 Å². The topological polar surface area (TPSA) is 58.6 Å². The second kappa shape index (κ2) is 2.65. The molecular formula is C9H9N3O. The number of hydrogen-bond donors (Lipinski definition) is 1. The highest BCUT2D eigenvalue weighted by Gasteiger charge is 2.10. The number of hydrogen-bond acceptors (Lipinski definition) is 3. The quantitative estimate of drug-likeness (QED) is 0.667. The Labute approximate surface area is 75.0 Å². The molecule has 0 spiro atoms. The van der Waals surface area contributed by atoms with Crippen molar-refractivity contribution in [3.05, 3.63) is 23.8 Å². The van der Waals surface area contributed by atoms with Gasteiger partial charge in [-0.25, -0.2) is 9.97 Å². The third kappa shape index (κ3) is 1.11. The number of fused-ring (bicyclic) bond motifs is 1. The SMILES string of the molecule is CC(=O)c1ncnc2c(C)c[nH]c12. The fraction of sp³-hybridized carbons (Fsp3) is 0.222. The van der Waals surface area contributed by atoms with Gasteiger partial charge in [0.15, 0.2) is 5.78 Å². The maximum atomic E-state index is 11.2. The molecule has 1 N–H and O–H groups in total. The minimum atomic E-state index is -0.0470. The van der Waals surface area contributed by atoms with Crippen LogP contribution in [0.5, 0.6) is 0 Å². The molecular weight excluding hydrogens is 166 g/mol. The maximum absolute atomic E-state index is 11.2. The average Bonchev–Trinajstić information content (AvgIpc) is 2.48. The molecule has 0 aliphatic carbocycles. The Morgan fingerprint density at radius 2 is 2.23 bits per heavy atom. The first kappa shape index (κ1) is 7.91. The minimum Gasteiger partial charge on any atom is -0.358 e. The van der Waals surface area contributed by atoms with E-state index in [2.05, 4.69) is 15.0 Å². The number of H-pyrrole nitrogens is 1. The van der Waals surface area contributed by atoms with Crippen LogP contribution in [-0.2, 0) is 0 Å². The number of aromatic amines is 1. The number of carbonyl (C=O) groups excluding carboxylic acids is 1. The molecule has 0 aliphatic heterocycles. The zero-order valence-electron chi connectivity index (χ0n) is 7.46. The molecule has 0 fully saturated rings. The van der Waals surface area contributed by atoms with Crippen molar-refractivity contribution in [1.29, 1.82) is 0 Å². The Kier molecular flexibility index (Phi) is 1.62. The second-order valence-corrected chi connectivity index (χ2v) is 2.97. The molecule has 0 saturated carbocycles. The van der Waals surface area contributed by atoms with Gasteiger partial charge in [0.2, 0.25) is 0 Å². The van der Waals surface area contributed by atoms with Crippen LogP contribution in [0.4, 0.5) is 0 Å². The van der Waals surface area contributed by atoms with Crippen LogP contribution in [0, 0.1) is 6.92 Å². The monoisotopic (exact) mass is 175 g/mol. The highest BCUT2D eigenvalue weighted by atomic mass is 16.1. The number of aryl methyl sites for hydroxylation is 1. The maximum Gasteiger partial charge on any atom is 0.180 e. The second-order valence-electron chi connectivity index (χ2n) is 2.97. The number of aromatic nitrogens is 3. The van der Waals surface area contributed by atoms with Gasteiger partial charge < -0.3 is 4.98 Å². The van der Waals surface area contributed by atoms with Crippen LogP contribution in [-0.4, -0.2) is 20.7 Å².